The van der Waals surface area contributed by atoms with Gasteiger partial charge in [-0.25, -0.2) is 4.79 Å². The Balaban J connectivity index is 2.23. The van der Waals surface area contributed by atoms with Crippen LogP contribution in [0.4, 0.5) is 10.5 Å². The third kappa shape index (κ3) is 2.42. The number of fused-ring (bicyclic) bond motifs is 2. The number of hydrogen-bond donors (Lipinski definition) is 1. The molecule has 3 rings (SSSR count). The first-order valence-electron chi connectivity index (χ1n) is 7.05. The van der Waals surface area contributed by atoms with Crippen LogP contribution in [0.5, 0.6) is 0 Å². The summed E-state index contributed by atoms with van der Waals surface area (Å²) in [4.78, 5) is 14.1. The molecule has 0 spiro atoms. The van der Waals surface area contributed by atoms with Crippen molar-refractivity contribution in [3.05, 3.63) is 65.2 Å². The molecular weight excluding hydrogens is 260 g/mol. The van der Waals surface area contributed by atoms with Gasteiger partial charge in [0.05, 0.1) is 12.2 Å². The Bertz CT molecular complexity index is 719. The standard InChI is InChI=1S/C18H18N2O/c1-13-11-14-7-4-6-10-17(14)20(18(21)19-2)12-15-8-3-5-9-16(13)15/h3-11H,12H2,1-2H3,(H,19,21)/b13-11-. The van der Waals surface area contributed by atoms with Crippen molar-refractivity contribution in [2.75, 3.05) is 11.9 Å². The summed E-state index contributed by atoms with van der Waals surface area (Å²) >= 11 is 0. The Kier molecular flexibility index (Phi) is 3.48. The van der Waals surface area contributed by atoms with E-state index in [0.717, 1.165) is 16.8 Å². The SMILES string of the molecule is CNC(=O)N1Cc2ccccc2/C(C)=C\c2ccccc21. The lowest BCUT2D eigenvalue weighted by Gasteiger charge is -2.27. The molecule has 0 atom stereocenters. The summed E-state index contributed by atoms with van der Waals surface area (Å²) < 4.78 is 0. The van der Waals surface area contributed by atoms with Crippen LogP contribution in [0.15, 0.2) is 48.5 Å². The van der Waals surface area contributed by atoms with Gasteiger partial charge >= 0.3 is 6.03 Å². The van der Waals surface area contributed by atoms with Gasteiger partial charge in [0.15, 0.2) is 0 Å². The molecule has 106 valence electrons. The average Bonchev–Trinajstić information content (AvgIpc) is 2.51. The minimum atomic E-state index is -0.0924. The van der Waals surface area contributed by atoms with Crippen LogP contribution in [-0.2, 0) is 6.54 Å². The van der Waals surface area contributed by atoms with Crippen LogP contribution in [0.1, 0.15) is 23.6 Å². The maximum absolute atomic E-state index is 12.3. The van der Waals surface area contributed by atoms with Crippen LogP contribution >= 0.6 is 0 Å². The van der Waals surface area contributed by atoms with E-state index in [0.29, 0.717) is 6.54 Å². The minimum Gasteiger partial charge on any atom is -0.341 e. The van der Waals surface area contributed by atoms with Crippen LogP contribution in [0, 0.1) is 0 Å². The molecule has 0 unspecified atom stereocenters. The molecule has 1 N–H and O–H groups in total. The van der Waals surface area contributed by atoms with Gasteiger partial charge in [0, 0.05) is 7.05 Å². The second kappa shape index (κ2) is 5.44. The molecule has 2 aromatic rings. The van der Waals surface area contributed by atoms with Crippen LogP contribution in [0.3, 0.4) is 0 Å². The number of rotatable bonds is 0. The van der Waals surface area contributed by atoms with E-state index < -0.39 is 0 Å². The number of urea groups is 1. The Morgan fingerprint density at radius 3 is 2.62 bits per heavy atom. The van der Waals surface area contributed by atoms with Gasteiger partial charge in [0.25, 0.3) is 0 Å². The minimum absolute atomic E-state index is 0.0924. The first kappa shape index (κ1) is 13.4. The first-order chi connectivity index (χ1) is 10.2. The number of carbonyl (C=O) groups is 1. The summed E-state index contributed by atoms with van der Waals surface area (Å²) in [7, 11) is 1.66. The Morgan fingerprint density at radius 1 is 1.10 bits per heavy atom. The van der Waals surface area contributed by atoms with Crippen LogP contribution in [-0.4, -0.2) is 13.1 Å². The summed E-state index contributed by atoms with van der Waals surface area (Å²) in [5.41, 5.74) is 5.57. The molecule has 0 aromatic heterocycles. The van der Waals surface area contributed by atoms with Crippen molar-refractivity contribution in [3.8, 4) is 0 Å². The zero-order chi connectivity index (χ0) is 14.8. The van der Waals surface area contributed by atoms with E-state index in [4.69, 9.17) is 0 Å². The molecule has 2 amide bonds. The predicted molar refractivity (Wildman–Crippen MR) is 87.1 cm³/mol. The van der Waals surface area contributed by atoms with Gasteiger partial charge in [0.2, 0.25) is 0 Å². The molecule has 3 heteroatoms. The topological polar surface area (TPSA) is 32.3 Å². The number of nitrogens with zero attached hydrogens (tertiary/aromatic N) is 1. The van der Waals surface area contributed by atoms with Crippen molar-refractivity contribution in [1.29, 1.82) is 0 Å². The highest BCUT2D eigenvalue weighted by molar-refractivity contribution is 5.97. The number of hydrogen-bond acceptors (Lipinski definition) is 1. The Morgan fingerprint density at radius 2 is 1.81 bits per heavy atom. The highest BCUT2D eigenvalue weighted by atomic mass is 16.2. The maximum Gasteiger partial charge on any atom is 0.321 e. The van der Waals surface area contributed by atoms with E-state index in [1.54, 1.807) is 11.9 Å². The molecule has 0 radical (unpaired) electrons. The molecule has 0 aliphatic carbocycles. The second-order valence-corrected chi connectivity index (χ2v) is 5.18. The van der Waals surface area contributed by atoms with Gasteiger partial charge in [0.1, 0.15) is 0 Å². The van der Waals surface area contributed by atoms with E-state index in [1.807, 2.05) is 36.4 Å². The van der Waals surface area contributed by atoms with Crippen molar-refractivity contribution in [1.82, 2.24) is 5.32 Å². The van der Waals surface area contributed by atoms with E-state index in [-0.39, 0.29) is 6.03 Å². The Hall–Kier alpha value is -2.55. The predicted octanol–water partition coefficient (Wildman–Crippen LogP) is 3.91. The smallest absolute Gasteiger partial charge is 0.321 e. The summed E-state index contributed by atoms with van der Waals surface area (Å²) in [6, 6.07) is 16.1. The number of para-hydroxylation sites is 1. The van der Waals surface area contributed by atoms with Crippen molar-refractivity contribution < 1.29 is 4.79 Å². The van der Waals surface area contributed by atoms with Crippen LogP contribution in [0.25, 0.3) is 11.6 Å². The summed E-state index contributed by atoms with van der Waals surface area (Å²) in [6.07, 6.45) is 2.14. The number of carbonyl (C=O) groups excluding carboxylic acids is 1. The molecule has 21 heavy (non-hydrogen) atoms. The lowest BCUT2D eigenvalue weighted by Crippen LogP contribution is -2.38. The van der Waals surface area contributed by atoms with Crippen molar-refractivity contribution in [2.24, 2.45) is 0 Å². The van der Waals surface area contributed by atoms with Gasteiger partial charge in [-0.3, -0.25) is 4.90 Å². The van der Waals surface area contributed by atoms with Crippen LogP contribution in [0.2, 0.25) is 0 Å². The number of benzene rings is 2. The third-order valence-electron chi connectivity index (χ3n) is 3.83. The normalized spacial score (nSPS) is 15.9. The van der Waals surface area contributed by atoms with E-state index in [9.17, 15) is 4.79 Å². The number of nitrogens with one attached hydrogen (secondary N) is 1. The third-order valence-corrected chi connectivity index (χ3v) is 3.83. The molecule has 1 heterocycles. The largest absolute Gasteiger partial charge is 0.341 e. The van der Waals surface area contributed by atoms with Crippen molar-refractivity contribution in [2.45, 2.75) is 13.5 Å². The lowest BCUT2D eigenvalue weighted by atomic mass is 9.95. The molecule has 0 saturated heterocycles. The van der Waals surface area contributed by atoms with Gasteiger partial charge < -0.3 is 5.32 Å². The molecule has 0 fully saturated rings. The zero-order valence-electron chi connectivity index (χ0n) is 12.3. The fourth-order valence-corrected chi connectivity index (χ4v) is 2.78. The molecule has 0 bridgehead atoms. The lowest BCUT2D eigenvalue weighted by molar-refractivity contribution is 0.248. The summed E-state index contributed by atoms with van der Waals surface area (Å²) in [5.74, 6) is 0. The van der Waals surface area contributed by atoms with E-state index in [1.165, 1.54) is 11.1 Å². The zero-order valence-corrected chi connectivity index (χ0v) is 12.3. The monoisotopic (exact) mass is 278 g/mol. The second-order valence-electron chi connectivity index (χ2n) is 5.18. The van der Waals surface area contributed by atoms with Crippen molar-refractivity contribution >= 4 is 23.4 Å². The maximum atomic E-state index is 12.3. The molecular formula is C18H18N2O. The molecule has 1 aliphatic rings. The van der Waals surface area contributed by atoms with E-state index in [2.05, 4.69) is 30.4 Å². The fourth-order valence-electron chi connectivity index (χ4n) is 2.78. The number of anilines is 1. The molecule has 0 saturated carbocycles. The average molecular weight is 278 g/mol. The van der Waals surface area contributed by atoms with Gasteiger partial charge in [-0.2, -0.15) is 0 Å². The number of amides is 2. The highest BCUT2D eigenvalue weighted by Gasteiger charge is 2.20. The highest BCUT2D eigenvalue weighted by Crippen LogP contribution is 2.32. The molecule has 3 nitrogen and oxygen atoms in total. The molecule has 1 aliphatic heterocycles. The summed E-state index contributed by atoms with van der Waals surface area (Å²) in [6.45, 7) is 2.68. The van der Waals surface area contributed by atoms with Gasteiger partial charge in [-0.1, -0.05) is 42.5 Å². The van der Waals surface area contributed by atoms with Gasteiger partial charge in [-0.05, 0) is 41.3 Å². The van der Waals surface area contributed by atoms with Gasteiger partial charge in [-0.15, -0.1) is 0 Å². The first-order valence-corrected chi connectivity index (χ1v) is 7.05. The number of allylic oxidation sites excluding steroid dienone is 1. The summed E-state index contributed by atoms with van der Waals surface area (Å²) in [5, 5.41) is 2.73. The fraction of sp³-hybridized carbons (Fsp3) is 0.167. The van der Waals surface area contributed by atoms with Crippen LogP contribution < -0.4 is 10.2 Å². The Labute approximate surface area is 124 Å². The van der Waals surface area contributed by atoms with E-state index >= 15 is 0 Å². The molecule has 2 aromatic carbocycles. The van der Waals surface area contributed by atoms with Crippen molar-refractivity contribution in [3.63, 3.8) is 0 Å². The quantitative estimate of drug-likeness (QED) is 0.778.